The average Bonchev–Trinajstić information content (AvgIpc) is 3.24. The highest BCUT2D eigenvalue weighted by Crippen LogP contribution is 2.35. The number of hydrogen-bond acceptors (Lipinski definition) is 13. The molecule has 13 nitrogen and oxygen atoms in total. The number of rotatable bonds is 18. The first-order chi connectivity index (χ1) is 29.8. The summed E-state index contributed by atoms with van der Waals surface area (Å²) in [6.45, 7) is 19.5. The fraction of sp³-hybridized carbons (Fsp3) is 0.540. The maximum Gasteiger partial charge on any atom is 0.311 e. The lowest BCUT2D eigenvalue weighted by Gasteiger charge is -2.46. The molecular weight excluding hydrogens is 809 g/mol. The highest BCUT2D eigenvalue weighted by atomic mass is 16.8. The lowest BCUT2D eigenvalue weighted by atomic mass is 9.95. The van der Waals surface area contributed by atoms with Crippen LogP contribution < -0.4 is 0 Å². The molecule has 0 saturated carbocycles. The Kier molecular flexibility index (Phi) is 17.6. The highest BCUT2D eigenvalue weighted by Gasteiger charge is 2.53. The van der Waals surface area contributed by atoms with Crippen molar-refractivity contribution in [3.8, 4) is 0 Å². The minimum absolute atomic E-state index is 0.135. The first-order valence-electron chi connectivity index (χ1n) is 21.6. The third-order valence-corrected chi connectivity index (χ3v) is 10.2. The van der Waals surface area contributed by atoms with Crippen LogP contribution in [-0.4, -0.2) is 93.0 Å². The van der Waals surface area contributed by atoms with Gasteiger partial charge in [-0.15, -0.1) is 6.58 Å². The monoisotopic (exact) mass is 874 g/mol. The Balaban J connectivity index is 1.52. The van der Waals surface area contributed by atoms with Crippen LogP contribution in [0.1, 0.15) is 79.0 Å². The normalized spacial score (nSPS) is 25.4. The second-order valence-corrected chi connectivity index (χ2v) is 18.9. The summed E-state index contributed by atoms with van der Waals surface area (Å²) < 4.78 is 64.2. The quantitative estimate of drug-likeness (QED) is 0.0695. The van der Waals surface area contributed by atoms with Crippen LogP contribution in [0.25, 0.3) is 0 Å². The van der Waals surface area contributed by atoms with Crippen molar-refractivity contribution < 1.29 is 61.8 Å². The summed E-state index contributed by atoms with van der Waals surface area (Å²) in [6.07, 6.45) is -7.79. The summed E-state index contributed by atoms with van der Waals surface area (Å²) in [7, 11) is 0. The van der Waals surface area contributed by atoms with Gasteiger partial charge in [0.25, 0.3) is 0 Å². The molecule has 2 saturated heterocycles. The van der Waals surface area contributed by atoms with Crippen molar-refractivity contribution in [2.75, 3.05) is 19.8 Å². The Morgan fingerprint density at radius 3 is 1.43 bits per heavy atom. The van der Waals surface area contributed by atoms with Gasteiger partial charge in [-0.2, -0.15) is 0 Å². The molecule has 9 atom stereocenters. The zero-order valence-electron chi connectivity index (χ0n) is 38.2. The van der Waals surface area contributed by atoms with E-state index >= 15 is 0 Å². The number of hydrogen-bond donors (Lipinski definition) is 0. The molecule has 2 aliphatic rings. The van der Waals surface area contributed by atoms with Gasteiger partial charge in [-0.25, -0.2) is 0 Å². The van der Waals surface area contributed by atoms with Crippen molar-refractivity contribution in [1.29, 1.82) is 0 Å². The molecule has 0 N–H and O–H groups in total. The van der Waals surface area contributed by atoms with Gasteiger partial charge < -0.3 is 47.4 Å². The van der Waals surface area contributed by atoms with E-state index in [4.69, 9.17) is 47.4 Å². The van der Waals surface area contributed by atoms with Crippen LogP contribution in [0.15, 0.2) is 104 Å². The largest absolute Gasteiger partial charge is 0.455 e. The van der Waals surface area contributed by atoms with E-state index in [0.29, 0.717) is 0 Å². The van der Waals surface area contributed by atoms with Gasteiger partial charge in [0, 0.05) is 0 Å². The minimum Gasteiger partial charge on any atom is -0.455 e. The van der Waals surface area contributed by atoms with Gasteiger partial charge in [0.2, 0.25) is 0 Å². The molecule has 2 heterocycles. The van der Waals surface area contributed by atoms with Gasteiger partial charge in [-0.05, 0) is 79.0 Å². The third-order valence-electron chi connectivity index (χ3n) is 10.2. The van der Waals surface area contributed by atoms with Crippen molar-refractivity contribution in [2.24, 2.45) is 16.2 Å². The molecule has 0 unspecified atom stereocenters. The molecule has 3 aromatic rings. The number of carbonyl (C=O) groups is 3. The van der Waals surface area contributed by atoms with Crippen LogP contribution in [0, 0.1) is 16.2 Å². The summed E-state index contributed by atoms with van der Waals surface area (Å²) in [4.78, 5) is 40.5. The predicted molar refractivity (Wildman–Crippen MR) is 234 cm³/mol. The standard InChI is InChI=1S/C50H66O13/c1-11-27-54-44-41(57-30-35-25-19-14-20-26-35)40(56-29-34-23-17-13-18-24-34)38(55-28-33-21-15-12-16-22-33)36(60-44)31-58-43-42(63-47(53)50(8,9)10)39(62-46(52)49(5,6)7)37(32-59-43)61-45(51)48(2,3)4/h11-26,36-44H,1,27-32H2,2-10H3/t36-,37-,38-,39+,40+,41-,42-,43-,44+/m1/s1. The lowest BCUT2D eigenvalue weighted by Crippen LogP contribution is -2.63. The van der Waals surface area contributed by atoms with Crippen molar-refractivity contribution >= 4 is 17.9 Å². The molecule has 63 heavy (non-hydrogen) atoms. The molecule has 344 valence electrons. The topological polar surface area (TPSA) is 144 Å². The molecule has 0 aromatic heterocycles. The van der Waals surface area contributed by atoms with Crippen LogP contribution in [0.5, 0.6) is 0 Å². The Hall–Kier alpha value is -4.47. The molecule has 0 amide bonds. The summed E-state index contributed by atoms with van der Waals surface area (Å²) in [5, 5.41) is 0. The Labute approximate surface area is 372 Å². The third kappa shape index (κ3) is 14.5. The first kappa shape index (κ1) is 49.5. The average molecular weight is 875 g/mol. The predicted octanol–water partition coefficient (Wildman–Crippen LogP) is 7.92. The Bertz CT molecular complexity index is 1880. The van der Waals surface area contributed by atoms with Crippen molar-refractivity contribution in [1.82, 2.24) is 0 Å². The second kappa shape index (κ2) is 22.4. The summed E-state index contributed by atoms with van der Waals surface area (Å²) in [6, 6.07) is 29.2. The van der Waals surface area contributed by atoms with Gasteiger partial charge in [0.15, 0.2) is 30.9 Å². The van der Waals surface area contributed by atoms with E-state index in [1.165, 1.54) is 0 Å². The minimum atomic E-state index is -1.37. The zero-order chi connectivity index (χ0) is 45.8. The van der Waals surface area contributed by atoms with Gasteiger partial charge in [-0.3, -0.25) is 14.4 Å². The van der Waals surface area contributed by atoms with E-state index in [2.05, 4.69) is 6.58 Å². The fourth-order valence-corrected chi connectivity index (χ4v) is 6.54. The molecule has 0 bridgehead atoms. The maximum atomic E-state index is 13.7. The van der Waals surface area contributed by atoms with E-state index in [1.54, 1.807) is 68.4 Å². The van der Waals surface area contributed by atoms with Crippen LogP contribution >= 0.6 is 0 Å². The number of esters is 3. The van der Waals surface area contributed by atoms with E-state index in [9.17, 15) is 14.4 Å². The molecule has 13 heteroatoms. The Morgan fingerprint density at radius 2 is 0.968 bits per heavy atom. The molecule has 0 aliphatic carbocycles. The lowest BCUT2D eigenvalue weighted by molar-refractivity contribution is -0.338. The summed E-state index contributed by atoms with van der Waals surface area (Å²) in [5.74, 6) is -1.78. The SMILES string of the molecule is C=CCO[C@H]1O[C@H](CO[C@@H]2OC[C@@H](OC(=O)C(C)(C)C)[C@H](OC(=O)C(C)(C)C)[C@H]2OC(=O)C(C)(C)C)[C@@H](OCc2ccccc2)[C@H](OCc2ccccc2)[C@H]1OCc1ccccc1. The molecule has 3 aromatic carbocycles. The van der Waals surface area contributed by atoms with Crippen LogP contribution in [-0.2, 0) is 81.6 Å². The molecule has 2 aliphatic heterocycles. The summed E-state index contributed by atoms with van der Waals surface area (Å²) >= 11 is 0. The van der Waals surface area contributed by atoms with Gasteiger partial charge >= 0.3 is 17.9 Å². The second-order valence-electron chi connectivity index (χ2n) is 18.9. The molecule has 0 spiro atoms. The van der Waals surface area contributed by atoms with Crippen molar-refractivity contribution in [3.05, 3.63) is 120 Å². The van der Waals surface area contributed by atoms with Crippen LogP contribution in [0.4, 0.5) is 0 Å². The van der Waals surface area contributed by atoms with Crippen molar-refractivity contribution in [2.45, 2.75) is 137 Å². The zero-order valence-corrected chi connectivity index (χ0v) is 38.2. The number of ether oxygens (including phenoxy) is 10. The van der Waals surface area contributed by atoms with Crippen LogP contribution in [0.3, 0.4) is 0 Å². The number of benzene rings is 3. The summed E-state index contributed by atoms with van der Waals surface area (Å²) in [5.41, 5.74) is -0.0559. The van der Waals surface area contributed by atoms with Crippen molar-refractivity contribution in [3.63, 3.8) is 0 Å². The van der Waals surface area contributed by atoms with Crippen LogP contribution in [0.2, 0.25) is 0 Å². The highest BCUT2D eigenvalue weighted by molar-refractivity contribution is 5.77. The smallest absolute Gasteiger partial charge is 0.311 e. The van der Waals surface area contributed by atoms with E-state index in [1.807, 2.05) is 91.0 Å². The molecular formula is C50H66O13. The Morgan fingerprint density at radius 1 is 0.540 bits per heavy atom. The van der Waals surface area contributed by atoms with Gasteiger partial charge in [-0.1, -0.05) is 97.1 Å². The first-order valence-corrected chi connectivity index (χ1v) is 21.6. The van der Waals surface area contributed by atoms with Gasteiger partial charge in [0.05, 0.1) is 55.9 Å². The van der Waals surface area contributed by atoms with E-state index in [-0.39, 0.29) is 39.6 Å². The van der Waals surface area contributed by atoms with E-state index < -0.39 is 89.5 Å². The fourth-order valence-electron chi connectivity index (χ4n) is 6.54. The van der Waals surface area contributed by atoms with Gasteiger partial charge in [0.1, 0.15) is 24.4 Å². The molecule has 2 fully saturated rings. The maximum absolute atomic E-state index is 13.7. The molecule has 0 radical (unpaired) electrons. The number of carbonyl (C=O) groups excluding carboxylic acids is 3. The van der Waals surface area contributed by atoms with E-state index in [0.717, 1.165) is 16.7 Å². The molecule has 5 rings (SSSR count).